The van der Waals surface area contributed by atoms with Crippen molar-refractivity contribution in [2.24, 2.45) is 5.92 Å². The van der Waals surface area contributed by atoms with Gasteiger partial charge in [0.15, 0.2) is 6.29 Å². The summed E-state index contributed by atoms with van der Waals surface area (Å²) in [4.78, 5) is 0. The average Bonchev–Trinajstić information content (AvgIpc) is 2.27. The van der Waals surface area contributed by atoms with Gasteiger partial charge in [0.2, 0.25) is 0 Å². The summed E-state index contributed by atoms with van der Waals surface area (Å²) < 4.78 is 5.32. The van der Waals surface area contributed by atoms with Crippen molar-refractivity contribution < 1.29 is 14.9 Å². The third kappa shape index (κ3) is 1.63. The summed E-state index contributed by atoms with van der Waals surface area (Å²) in [6.07, 6.45) is 0.407. The molecule has 0 spiro atoms. The first kappa shape index (κ1) is 9.96. The molecular weight excluding hydrogens is 156 g/mol. The van der Waals surface area contributed by atoms with Crippen molar-refractivity contribution in [1.29, 1.82) is 0 Å². The van der Waals surface area contributed by atoms with E-state index in [1.165, 1.54) is 0 Å². The smallest absolute Gasteiger partial charge is 0.158 e. The van der Waals surface area contributed by atoms with Gasteiger partial charge in [0.05, 0.1) is 11.7 Å². The molecule has 1 aliphatic rings. The molecule has 1 fully saturated rings. The largest absolute Gasteiger partial charge is 0.390 e. The topological polar surface area (TPSA) is 49.7 Å². The van der Waals surface area contributed by atoms with Gasteiger partial charge in [-0.1, -0.05) is 6.92 Å². The van der Waals surface area contributed by atoms with Crippen LogP contribution in [0.5, 0.6) is 0 Å². The van der Waals surface area contributed by atoms with E-state index in [1.54, 1.807) is 6.92 Å². The van der Waals surface area contributed by atoms with Gasteiger partial charge in [-0.15, -0.1) is 0 Å². The van der Waals surface area contributed by atoms with Gasteiger partial charge in [-0.2, -0.15) is 0 Å². The van der Waals surface area contributed by atoms with Crippen molar-refractivity contribution >= 4 is 0 Å². The van der Waals surface area contributed by atoms with E-state index < -0.39 is 18.0 Å². The monoisotopic (exact) mass is 174 g/mol. The van der Waals surface area contributed by atoms with E-state index in [-0.39, 0.29) is 5.92 Å². The normalized spacial score (nSPS) is 44.8. The number of hydrogen-bond donors (Lipinski definition) is 2. The fourth-order valence-corrected chi connectivity index (χ4v) is 1.66. The van der Waals surface area contributed by atoms with Crippen molar-refractivity contribution in [3.63, 3.8) is 0 Å². The average molecular weight is 174 g/mol. The molecule has 0 saturated carbocycles. The molecule has 1 aliphatic heterocycles. The van der Waals surface area contributed by atoms with E-state index >= 15 is 0 Å². The van der Waals surface area contributed by atoms with Gasteiger partial charge in [-0.05, 0) is 26.7 Å². The van der Waals surface area contributed by atoms with Gasteiger partial charge in [0.1, 0.15) is 0 Å². The Labute approximate surface area is 73.4 Å². The van der Waals surface area contributed by atoms with E-state index in [1.807, 2.05) is 13.8 Å². The lowest BCUT2D eigenvalue weighted by Gasteiger charge is -2.26. The lowest BCUT2D eigenvalue weighted by molar-refractivity contribution is -0.172. The van der Waals surface area contributed by atoms with Gasteiger partial charge in [-0.3, -0.25) is 0 Å². The summed E-state index contributed by atoms with van der Waals surface area (Å²) in [5.74, 6) is 0.171. The Morgan fingerprint density at radius 3 is 2.50 bits per heavy atom. The molecule has 2 N–H and O–H groups in total. The minimum Gasteiger partial charge on any atom is -0.390 e. The highest BCUT2D eigenvalue weighted by molar-refractivity contribution is 4.90. The zero-order chi connectivity index (χ0) is 9.35. The zero-order valence-corrected chi connectivity index (χ0v) is 7.95. The Morgan fingerprint density at radius 1 is 1.67 bits per heavy atom. The second kappa shape index (κ2) is 3.32. The standard InChI is InChI=1S/C9H18O3/c1-4-7-5-9(3,6(2)10)12-8(7)11/h6-8,10-11H,4-5H2,1-3H3. The Morgan fingerprint density at radius 2 is 2.25 bits per heavy atom. The number of hydrogen-bond acceptors (Lipinski definition) is 3. The molecule has 1 heterocycles. The van der Waals surface area contributed by atoms with Crippen LogP contribution in [0.25, 0.3) is 0 Å². The van der Waals surface area contributed by atoms with E-state index in [2.05, 4.69) is 0 Å². The molecular formula is C9H18O3. The first-order valence-electron chi connectivity index (χ1n) is 4.53. The lowest BCUT2D eigenvalue weighted by Crippen LogP contribution is -2.37. The van der Waals surface area contributed by atoms with E-state index in [0.717, 1.165) is 12.8 Å². The van der Waals surface area contributed by atoms with Gasteiger partial charge in [0, 0.05) is 5.92 Å². The van der Waals surface area contributed by atoms with Crippen LogP contribution in [0.1, 0.15) is 33.6 Å². The quantitative estimate of drug-likeness (QED) is 0.653. The fraction of sp³-hybridized carbons (Fsp3) is 1.00. The molecule has 0 aromatic heterocycles. The van der Waals surface area contributed by atoms with E-state index in [9.17, 15) is 10.2 Å². The second-order valence-electron chi connectivity index (χ2n) is 3.87. The van der Waals surface area contributed by atoms with Crippen molar-refractivity contribution in [2.75, 3.05) is 0 Å². The molecule has 4 atom stereocenters. The Kier molecular flexibility index (Phi) is 2.76. The molecule has 0 aromatic rings. The SMILES string of the molecule is CCC1CC(C)(C(C)O)OC1O. The third-order valence-corrected chi connectivity index (χ3v) is 2.87. The van der Waals surface area contributed by atoms with Gasteiger partial charge in [-0.25, -0.2) is 0 Å². The highest BCUT2D eigenvalue weighted by Gasteiger charge is 2.44. The molecule has 3 nitrogen and oxygen atoms in total. The molecule has 72 valence electrons. The van der Waals surface area contributed by atoms with Crippen LogP contribution < -0.4 is 0 Å². The van der Waals surface area contributed by atoms with Crippen LogP contribution in [-0.4, -0.2) is 28.2 Å². The molecule has 0 bridgehead atoms. The Balaban J connectivity index is 2.63. The second-order valence-corrected chi connectivity index (χ2v) is 3.87. The van der Waals surface area contributed by atoms with Gasteiger partial charge in [0.25, 0.3) is 0 Å². The van der Waals surface area contributed by atoms with Crippen LogP contribution in [0, 0.1) is 5.92 Å². The van der Waals surface area contributed by atoms with Crippen LogP contribution in [0.4, 0.5) is 0 Å². The summed E-state index contributed by atoms with van der Waals surface area (Å²) in [7, 11) is 0. The van der Waals surface area contributed by atoms with Crippen molar-refractivity contribution in [3.05, 3.63) is 0 Å². The summed E-state index contributed by atoms with van der Waals surface area (Å²) in [6, 6.07) is 0. The molecule has 4 unspecified atom stereocenters. The van der Waals surface area contributed by atoms with Crippen LogP contribution in [0.2, 0.25) is 0 Å². The number of rotatable bonds is 2. The van der Waals surface area contributed by atoms with Crippen LogP contribution in [-0.2, 0) is 4.74 Å². The van der Waals surface area contributed by atoms with E-state index in [0.29, 0.717) is 0 Å². The van der Waals surface area contributed by atoms with Crippen molar-refractivity contribution in [3.8, 4) is 0 Å². The maximum absolute atomic E-state index is 9.44. The summed E-state index contributed by atoms with van der Waals surface area (Å²) in [6.45, 7) is 5.56. The Hall–Kier alpha value is -0.120. The van der Waals surface area contributed by atoms with Crippen LogP contribution in [0.15, 0.2) is 0 Å². The molecule has 0 aliphatic carbocycles. The maximum Gasteiger partial charge on any atom is 0.158 e. The van der Waals surface area contributed by atoms with E-state index in [4.69, 9.17) is 4.74 Å². The molecule has 0 radical (unpaired) electrons. The predicted octanol–water partition coefficient (Wildman–Crippen LogP) is 0.891. The molecule has 0 amide bonds. The van der Waals surface area contributed by atoms with Gasteiger partial charge < -0.3 is 14.9 Å². The third-order valence-electron chi connectivity index (χ3n) is 2.87. The highest BCUT2D eigenvalue weighted by Crippen LogP contribution is 2.37. The first-order chi connectivity index (χ1) is 5.49. The Bertz CT molecular complexity index is 158. The molecule has 12 heavy (non-hydrogen) atoms. The predicted molar refractivity (Wildman–Crippen MR) is 45.6 cm³/mol. The summed E-state index contributed by atoms with van der Waals surface area (Å²) in [5.41, 5.74) is -0.555. The summed E-state index contributed by atoms with van der Waals surface area (Å²) in [5, 5.41) is 18.8. The summed E-state index contributed by atoms with van der Waals surface area (Å²) >= 11 is 0. The minimum absolute atomic E-state index is 0.171. The maximum atomic E-state index is 9.44. The zero-order valence-electron chi connectivity index (χ0n) is 7.95. The molecule has 0 aromatic carbocycles. The first-order valence-corrected chi connectivity index (χ1v) is 4.53. The van der Waals surface area contributed by atoms with Crippen molar-refractivity contribution in [2.45, 2.75) is 51.6 Å². The molecule has 1 saturated heterocycles. The number of ether oxygens (including phenoxy) is 1. The molecule has 1 rings (SSSR count). The number of aliphatic hydroxyl groups is 2. The number of aliphatic hydroxyl groups excluding tert-OH is 2. The fourth-order valence-electron chi connectivity index (χ4n) is 1.66. The molecule has 3 heteroatoms. The highest BCUT2D eigenvalue weighted by atomic mass is 16.6. The lowest BCUT2D eigenvalue weighted by atomic mass is 9.90. The van der Waals surface area contributed by atoms with Gasteiger partial charge >= 0.3 is 0 Å². The van der Waals surface area contributed by atoms with Crippen LogP contribution in [0.3, 0.4) is 0 Å². The van der Waals surface area contributed by atoms with Crippen molar-refractivity contribution in [1.82, 2.24) is 0 Å². The minimum atomic E-state index is -0.699. The van der Waals surface area contributed by atoms with Crippen LogP contribution >= 0.6 is 0 Å².